The van der Waals surface area contributed by atoms with Crippen molar-refractivity contribution in [2.24, 2.45) is 0 Å². The molecule has 70 valence electrons. The van der Waals surface area contributed by atoms with E-state index in [1.54, 1.807) is 0 Å². The van der Waals surface area contributed by atoms with Crippen molar-refractivity contribution in [2.75, 3.05) is 0 Å². The standard InChI is InChI=1S/C6H15N.C4H9.Cs/c1-5(2)7-6(3)4;1-3-4-2;/h5-7H,1-4H3;1,3-4H2,2H3;/q;-1;+1. The summed E-state index contributed by atoms with van der Waals surface area (Å²) in [4.78, 5) is 0. The second-order valence-corrected chi connectivity index (χ2v) is 3.33. The van der Waals surface area contributed by atoms with Crippen molar-refractivity contribution < 1.29 is 68.9 Å². The molecule has 0 aliphatic carbocycles. The Bertz CT molecular complexity index is 54.9. The van der Waals surface area contributed by atoms with E-state index in [-0.39, 0.29) is 68.9 Å². The minimum absolute atomic E-state index is 0. The Morgan fingerprint density at radius 3 is 1.33 bits per heavy atom. The van der Waals surface area contributed by atoms with Crippen LogP contribution in [0.3, 0.4) is 0 Å². The molecular weight excluding hydrogens is 267 g/mol. The van der Waals surface area contributed by atoms with E-state index in [4.69, 9.17) is 0 Å². The van der Waals surface area contributed by atoms with Crippen LogP contribution in [0.5, 0.6) is 0 Å². The van der Waals surface area contributed by atoms with Crippen LogP contribution in [-0.4, -0.2) is 12.1 Å². The van der Waals surface area contributed by atoms with Gasteiger partial charge in [-0.3, -0.25) is 0 Å². The first-order chi connectivity index (χ1) is 5.04. The van der Waals surface area contributed by atoms with Gasteiger partial charge in [0.2, 0.25) is 0 Å². The fraction of sp³-hybridized carbons (Fsp3) is 0.900. The molecule has 2 heteroatoms. The van der Waals surface area contributed by atoms with Crippen molar-refractivity contribution >= 4 is 0 Å². The summed E-state index contributed by atoms with van der Waals surface area (Å²) in [6.45, 7) is 14.3. The van der Waals surface area contributed by atoms with Crippen LogP contribution >= 0.6 is 0 Å². The Balaban J connectivity index is -0.000000142. The van der Waals surface area contributed by atoms with Crippen LogP contribution in [0, 0.1) is 6.92 Å². The van der Waals surface area contributed by atoms with E-state index in [0.717, 1.165) is 6.42 Å². The number of hydrogen-bond acceptors (Lipinski definition) is 1. The molecule has 0 saturated heterocycles. The summed E-state index contributed by atoms with van der Waals surface area (Å²) in [5.41, 5.74) is 0. The summed E-state index contributed by atoms with van der Waals surface area (Å²) in [6, 6.07) is 1.25. The minimum atomic E-state index is 0. The maximum Gasteiger partial charge on any atom is 1.00 e. The molecule has 12 heavy (non-hydrogen) atoms. The van der Waals surface area contributed by atoms with Crippen molar-refractivity contribution in [3.63, 3.8) is 0 Å². The van der Waals surface area contributed by atoms with Crippen LogP contribution in [0.1, 0.15) is 47.5 Å². The molecule has 0 spiro atoms. The summed E-state index contributed by atoms with van der Waals surface area (Å²) in [5, 5.41) is 3.31. The van der Waals surface area contributed by atoms with Crippen molar-refractivity contribution in [2.45, 2.75) is 59.5 Å². The fourth-order valence-electron chi connectivity index (χ4n) is 0.667. The van der Waals surface area contributed by atoms with Gasteiger partial charge in [-0.15, -0.1) is 0 Å². The maximum absolute atomic E-state index is 3.60. The van der Waals surface area contributed by atoms with Crippen molar-refractivity contribution in [1.29, 1.82) is 0 Å². The van der Waals surface area contributed by atoms with E-state index in [0.29, 0.717) is 12.1 Å². The molecule has 0 heterocycles. The van der Waals surface area contributed by atoms with Gasteiger partial charge in [-0.1, -0.05) is 41.0 Å². The van der Waals surface area contributed by atoms with Crippen LogP contribution in [-0.2, 0) is 0 Å². The first kappa shape index (κ1) is 19.6. The first-order valence-electron chi connectivity index (χ1n) is 4.59. The number of nitrogens with one attached hydrogen (secondary N) is 1. The Morgan fingerprint density at radius 2 is 1.33 bits per heavy atom. The van der Waals surface area contributed by atoms with Gasteiger partial charge in [-0.25, -0.2) is 0 Å². The third-order valence-electron chi connectivity index (χ3n) is 1.02. The molecule has 0 aliphatic heterocycles. The predicted molar refractivity (Wildman–Crippen MR) is 53.7 cm³/mol. The van der Waals surface area contributed by atoms with Gasteiger partial charge in [0.1, 0.15) is 0 Å². The molecule has 0 amide bonds. The van der Waals surface area contributed by atoms with Gasteiger partial charge in [-0.05, 0) is 0 Å². The first-order valence-corrected chi connectivity index (χ1v) is 4.59. The van der Waals surface area contributed by atoms with E-state index in [9.17, 15) is 0 Å². The van der Waals surface area contributed by atoms with Crippen LogP contribution < -0.4 is 74.2 Å². The summed E-state index contributed by atoms with van der Waals surface area (Å²) < 4.78 is 0. The van der Waals surface area contributed by atoms with E-state index in [1.807, 2.05) is 0 Å². The molecule has 0 rings (SSSR count). The zero-order valence-electron chi connectivity index (χ0n) is 9.78. The molecule has 0 aromatic heterocycles. The van der Waals surface area contributed by atoms with Gasteiger partial charge in [0.15, 0.2) is 0 Å². The van der Waals surface area contributed by atoms with Crippen LogP contribution in [0.4, 0.5) is 0 Å². The Kier molecular flexibility index (Phi) is 25.2. The molecule has 0 unspecified atom stereocenters. The normalized spacial score (nSPS) is 9.00. The SMILES string of the molecule is CC(C)NC(C)C.[CH2-]CCC.[Cs+]. The van der Waals surface area contributed by atoms with Gasteiger partial charge < -0.3 is 12.2 Å². The molecule has 0 radical (unpaired) electrons. The van der Waals surface area contributed by atoms with Gasteiger partial charge >= 0.3 is 68.9 Å². The number of rotatable bonds is 3. The topological polar surface area (TPSA) is 12.0 Å². The summed E-state index contributed by atoms with van der Waals surface area (Å²) >= 11 is 0. The van der Waals surface area contributed by atoms with E-state index in [2.05, 4.69) is 46.9 Å². The van der Waals surface area contributed by atoms with Crippen LogP contribution in [0.15, 0.2) is 0 Å². The average molecular weight is 291 g/mol. The number of hydrogen-bond donors (Lipinski definition) is 1. The molecule has 0 aliphatic rings. The summed E-state index contributed by atoms with van der Waals surface area (Å²) in [6.07, 6.45) is 2.28. The van der Waals surface area contributed by atoms with Crippen LogP contribution in [0.2, 0.25) is 0 Å². The minimum Gasteiger partial charge on any atom is -0.343 e. The molecular formula is C10H24CsN. The van der Waals surface area contributed by atoms with Crippen LogP contribution in [0.25, 0.3) is 0 Å². The van der Waals surface area contributed by atoms with Gasteiger partial charge in [-0.2, -0.15) is 6.42 Å². The molecule has 0 saturated carbocycles. The largest absolute Gasteiger partial charge is 1.00 e. The Morgan fingerprint density at radius 1 is 1.08 bits per heavy atom. The molecule has 0 aromatic carbocycles. The summed E-state index contributed by atoms with van der Waals surface area (Å²) in [5.74, 6) is 0. The molecule has 0 aromatic rings. The van der Waals surface area contributed by atoms with E-state index >= 15 is 0 Å². The quantitative estimate of drug-likeness (QED) is 0.723. The zero-order chi connectivity index (χ0) is 9.28. The third kappa shape index (κ3) is 29.6. The molecule has 0 fully saturated rings. The molecule has 1 N–H and O–H groups in total. The average Bonchev–Trinajstić information content (AvgIpc) is 1.85. The smallest absolute Gasteiger partial charge is 0.343 e. The molecule has 1 nitrogen and oxygen atoms in total. The third-order valence-corrected chi connectivity index (χ3v) is 1.02. The summed E-state index contributed by atoms with van der Waals surface area (Å²) in [7, 11) is 0. The van der Waals surface area contributed by atoms with Gasteiger partial charge in [0.05, 0.1) is 0 Å². The predicted octanol–water partition coefficient (Wildman–Crippen LogP) is 0.0174. The Hall–Kier alpha value is 2.01. The van der Waals surface area contributed by atoms with Crippen molar-refractivity contribution in [1.82, 2.24) is 5.32 Å². The number of unbranched alkanes of at least 4 members (excludes halogenated alkanes) is 1. The van der Waals surface area contributed by atoms with Gasteiger partial charge in [0, 0.05) is 12.1 Å². The van der Waals surface area contributed by atoms with E-state index in [1.165, 1.54) is 6.42 Å². The second-order valence-electron chi connectivity index (χ2n) is 3.33. The zero-order valence-corrected chi connectivity index (χ0v) is 16.1. The van der Waals surface area contributed by atoms with Gasteiger partial charge in [0.25, 0.3) is 0 Å². The maximum atomic E-state index is 3.60. The Labute approximate surface area is 138 Å². The fourth-order valence-corrected chi connectivity index (χ4v) is 0.667. The molecule has 0 atom stereocenters. The van der Waals surface area contributed by atoms with E-state index < -0.39 is 0 Å². The molecule has 0 bridgehead atoms. The van der Waals surface area contributed by atoms with Crippen molar-refractivity contribution in [3.8, 4) is 0 Å². The van der Waals surface area contributed by atoms with Crippen molar-refractivity contribution in [3.05, 3.63) is 6.92 Å². The monoisotopic (exact) mass is 291 g/mol. The second kappa shape index (κ2) is 15.5.